The predicted molar refractivity (Wildman–Crippen MR) is 94.3 cm³/mol. The van der Waals surface area contributed by atoms with Crippen LogP contribution in [0.4, 0.5) is 5.69 Å². The Morgan fingerprint density at radius 3 is 2.69 bits per heavy atom. The van der Waals surface area contributed by atoms with E-state index in [2.05, 4.69) is 5.32 Å². The summed E-state index contributed by atoms with van der Waals surface area (Å²) in [6, 6.07) is 8.71. The summed E-state index contributed by atoms with van der Waals surface area (Å²) in [7, 11) is 0. The van der Waals surface area contributed by atoms with Crippen LogP contribution in [0.2, 0.25) is 0 Å². The highest BCUT2D eigenvalue weighted by Gasteiger charge is 2.13. The lowest BCUT2D eigenvalue weighted by molar-refractivity contribution is -0.384. The molecular weight excluding hydrogens is 360 g/mol. The summed E-state index contributed by atoms with van der Waals surface area (Å²) < 4.78 is 4.95. The van der Waals surface area contributed by atoms with Gasteiger partial charge in [0.15, 0.2) is 5.78 Å². The Kier molecular flexibility index (Phi) is 6.98. The van der Waals surface area contributed by atoms with Gasteiger partial charge in [-0.2, -0.15) is 0 Å². The van der Waals surface area contributed by atoms with Gasteiger partial charge in [0.25, 0.3) is 11.6 Å². The number of nitrogens with zero attached hydrogens (tertiary/aromatic N) is 1. The van der Waals surface area contributed by atoms with Crippen LogP contribution in [-0.4, -0.2) is 35.7 Å². The minimum atomic E-state index is -0.646. The van der Waals surface area contributed by atoms with Crippen molar-refractivity contribution in [3.63, 3.8) is 0 Å². The largest absolute Gasteiger partial charge is 0.464 e. The number of nitro benzene ring substituents is 1. The van der Waals surface area contributed by atoms with E-state index in [9.17, 15) is 24.5 Å². The number of non-ortho nitro benzene ring substituents is 1. The molecular formula is C17H16N2O6S. The second-order valence-electron chi connectivity index (χ2n) is 5.21. The molecule has 0 unspecified atom stereocenters. The third-order valence-electron chi connectivity index (χ3n) is 3.32. The van der Waals surface area contributed by atoms with Crippen molar-refractivity contribution in [2.75, 3.05) is 13.2 Å². The average molecular weight is 376 g/mol. The SMILES string of the molecule is O=C(CNC(=O)c1cccc([N+](=O)[O-])c1)OCCCC(=O)c1cccs1. The molecule has 0 saturated carbocycles. The molecule has 0 fully saturated rings. The molecule has 0 aliphatic rings. The van der Waals surface area contributed by atoms with Gasteiger partial charge in [-0.1, -0.05) is 12.1 Å². The Balaban J connectivity index is 1.68. The van der Waals surface area contributed by atoms with Crippen molar-refractivity contribution >= 4 is 34.7 Å². The van der Waals surface area contributed by atoms with E-state index < -0.39 is 16.8 Å². The van der Waals surface area contributed by atoms with Crippen molar-refractivity contribution < 1.29 is 24.0 Å². The molecule has 8 nitrogen and oxygen atoms in total. The maximum absolute atomic E-state index is 11.9. The van der Waals surface area contributed by atoms with Crippen LogP contribution in [0.5, 0.6) is 0 Å². The number of nitro groups is 1. The van der Waals surface area contributed by atoms with Crippen LogP contribution in [-0.2, 0) is 9.53 Å². The summed E-state index contributed by atoms with van der Waals surface area (Å²) in [5.41, 5.74) is -0.135. The Hall–Kier alpha value is -3.07. The van der Waals surface area contributed by atoms with Crippen LogP contribution in [0.15, 0.2) is 41.8 Å². The van der Waals surface area contributed by atoms with E-state index in [0.717, 1.165) is 6.07 Å². The molecule has 9 heteroatoms. The Morgan fingerprint density at radius 2 is 2.00 bits per heavy atom. The molecule has 1 amide bonds. The number of esters is 1. The maximum atomic E-state index is 11.9. The summed E-state index contributed by atoms with van der Waals surface area (Å²) >= 11 is 1.36. The van der Waals surface area contributed by atoms with E-state index >= 15 is 0 Å². The standard InChI is InChI=1S/C17H16N2O6S/c20-14(15-7-3-9-26-15)6-2-8-25-16(21)11-18-17(22)12-4-1-5-13(10-12)19(23)24/h1,3-5,7,9-10H,2,6,8,11H2,(H,18,22). The normalized spacial score (nSPS) is 10.2. The zero-order valence-electron chi connectivity index (χ0n) is 13.7. The summed E-state index contributed by atoms with van der Waals surface area (Å²) in [6.45, 7) is -0.289. The molecule has 136 valence electrons. The summed E-state index contributed by atoms with van der Waals surface area (Å²) in [5.74, 6) is -1.26. The molecule has 26 heavy (non-hydrogen) atoms. The number of ketones is 1. The molecule has 2 rings (SSSR count). The van der Waals surface area contributed by atoms with Crippen molar-refractivity contribution in [1.82, 2.24) is 5.32 Å². The summed E-state index contributed by atoms with van der Waals surface area (Å²) in [4.78, 5) is 46.0. The van der Waals surface area contributed by atoms with Crippen molar-refractivity contribution in [2.45, 2.75) is 12.8 Å². The lowest BCUT2D eigenvalue weighted by Gasteiger charge is -2.06. The number of hydrogen-bond acceptors (Lipinski definition) is 7. The third kappa shape index (κ3) is 5.78. The lowest BCUT2D eigenvalue weighted by Crippen LogP contribution is -2.30. The number of benzene rings is 1. The van der Waals surface area contributed by atoms with Gasteiger partial charge in [0.05, 0.1) is 16.4 Å². The van der Waals surface area contributed by atoms with E-state index in [-0.39, 0.29) is 36.6 Å². The minimum absolute atomic E-state index is 0.00461. The highest BCUT2D eigenvalue weighted by atomic mass is 32.1. The molecule has 0 aliphatic heterocycles. The number of carbonyl (C=O) groups excluding carboxylic acids is 3. The summed E-state index contributed by atoms with van der Waals surface area (Å²) in [6.07, 6.45) is 0.662. The van der Waals surface area contributed by atoms with Gasteiger partial charge in [0.1, 0.15) is 6.54 Å². The van der Waals surface area contributed by atoms with Gasteiger partial charge < -0.3 is 10.1 Å². The quantitative estimate of drug-likeness (QED) is 0.236. The maximum Gasteiger partial charge on any atom is 0.325 e. The highest BCUT2D eigenvalue weighted by Crippen LogP contribution is 2.13. The van der Waals surface area contributed by atoms with Crippen LogP contribution in [0.1, 0.15) is 32.9 Å². The van der Waals surface area contributed by atoms with Gasteiger partial charge in [-0.3, -0.25) is 24.5 Å². The molecule has 2 aromatic rings. The predicted octanol–water partition coefficient (Wildman–Crippen LogP) is 2.59. The third-order valence-corrected chi connectivity index (χ3v) is 4.23. The smallest absolute Gasteiger partial charge is 0.325 e. The van der Waals surface area contributed by atoms with E-state index in [1.165, 1.54) is 29.5 Å². The first-order valence-electron chi connectivity index (χ1n) is 7.72. The molecule has 1 heterocycles. The average Bonchev–Trinajstić information content (AvgIpc) is 3.18. The minimum Gasteiger partial charge on any atom is -0.464 e. The Labute approximate surface area is 152 Å². The van der Waals surface area contributed by atoms with Crippen molar-refractivity contribution in [1.29, 1.82) is 0 Å². The first kappa shape index (κ1) is 19.3. The molecule has 1 aromatic carbocycles. The number of amides is 1. The van der Waals surface area contributed by atoms with Crippen LogP contribution >= 0.6 is 11.3 Å². The van der Waals surface area contributed by atoms with Gasteiger partial charge >= 0.3 is 5.97 Å². The van der Waals surface area contributed by atoms with Gasteiger partial charge in [0, 0.05) is 24.1 Å². The topological polar surface area (TPSA) is 116 Å². The van der Waals surface area contributed by atoms with Crippen LogP contribution in [0, 0.1) is 10.1 Å². The van der Waals surface area contributed by atoms with Gasteiger partial charge in [-0.25, -0.2) is 0 Å². The van der Waals surface area contributed by atoms with Gasteiger partial charge in [-0.15, -0.1) is 11.3 Å². The molecule has 0 bridgehead atoms. The number of hydrogen-bond donors (Lipinski definition) is 1. The number of thiophene rings is 1. The molecule has 0 spiro atoms. The number of nitrogens with one attached hydrogen (secondary N) is 1. The zero-order chi connectivity index (χ0) is 18.9. The van der Waals surface area contributed by atoms with Gasteiger partial charge in [-0.05, 0) is 23.9 Å². The van der Waals surface area contributed by atoms with Crippen LogP contribution < -0.4 is 5.32 Å². The zero-order valence-corrected chi connectivity index (χ0v) is 14.5. The Bertz CT molecular complexity index is 803. The molecule has 0 radical (unpaired) electrons. The lowest BCUT2D eigenvalue weighted by atomic mass is 10.2. The van der Waals surface area contributed by atoms with Crippen LogP contribution in [0.3, 0.4) is 0 Å². The van der Waals surface area contributed by atoms with Crippen molar-refractivity contribution in [3.8, 4) is 0 Å². The molecule has 1 aromatic heterocycles. The molecule has 0 aliphatic carbocycles. The second kappa shape index (κ2) is 9.42. The number of Topliss-reactive ketones (excluding diaryl/α,β-unsaturated/α-hetero) is 1. The second-order valence-corrected chi connectivity index (χ2v) is 6.16. The van der Waals surface area contributed by atoms with Gasteiger partial charge in [0.2, 0.25) is 0 Å². The molecule has 0 atom stereocenters. The number of ether oxygens (including phenoxy) is 1. The van der Waals surface area contributed by atoms with Crippen LogP contribution in [0.25, 0.3) is 0 Å². The highest BCUT2D eigenvalue weighted by molar-refractivity contribution is 7.12. The first-order valence-corrected chi connectivity index (χ1v) is 8.60. The number of rotatable bonds is 9. The summed E-state index contributed by atoms with van der Waals surface area (Å²) in [5, 5.41) is 14.8. The fourth-order valence-electron chi connectivity index (χ4n) is 2.05. The van der Waals surface area contributed by atoms with Crippen molar-refractivity contribution in [2.24, 2.45) is 0 Å². The molecule has 1 N–H and O–H groups in total. The van der Waals surface area contributed by atoms with Crippen molar-refractivity contribution in [3.05, 3.63) is 62.3 Å². The van der Waals surface area contributed by atoms with E-state index in [1.807, 2.05) is 5.38 Å². The van der Waals surface area contributed by atoms with E-state index in [0.29, 0.717) is 11.3 Å². The fraction of sp³-hybridized carbons (Fsp3) is 0.235. The van der Waals surface area contributed by atoms with E-state index in [1.54, 1.807) is 12.1 Å². The van der Waals surface area contributed by atoms with E-state index in [4.69, 9.17) is 4.74 Å². The molecule has 0 saturated heterocycles. The monoisotopic (exact) mass is 376 g/mol. The number of carbonyl (C=O) groups is 3. The Morgan fingerprint density at radius 1 is 1.19 bits per heavy atom. The fourth-order valence-corrected chi connectivity index (χ4v) is 2.74. The first-order chi connectivity index (χ1) is 12.5.